The van der Waals surface area contributed by atoms with Crippen molar-refractivity contribution in [2.24, 2.45) is 17.6 Å². The Hall–Kier alpha value is -3.43. The quantitative estimate of drug-likeness (QED) is 0.325. The van der Waals surface area contributed by atoms with E-state index in [4.69, 9.17) is 27.5 Å². The van der Waals surface area contributed by atoms with Crippen molar-refractivity contribution in [3.8, 4) is 0 Å². The second-order valence-electron chi connectivity index (χ2n) is 11.4. The van der Waals surface area contributed by atoms with Gasteiger partial charge in [-0.05, 0) is 60.8 Å². The van der Waals surface area contributed by atoms with Gasteiger partial charge in [-0.1, -0.05) is 81.8 Å². The molecule has 41 heavy (non-hydrogen) atoms. The lowest BCUT2D eigenvalue weighted by atomic mass is 9.82. The molecule has 3 amide bonds. The molecule has 0 aliphatic carbocycles. The summed E-state index contributed by atoms with van der Waals surface area (Å²) in [6, 6.07) is 15.1. The van der Waals surface area contributed by atoms with Crippen molar-refractivity contribution in [3.05, 3.63) is 70.7 Å². The van der Waals surface area contributed by atoms with Crippen molar-refractivity contribution in [2.75, 3.05) is 13.7 Å². The highest BCUT2D eigenvalue weighted by Gasteiger charge is 2.50. The van der Waals surface area contributed by atoms with Gasteiger partial charge in [0.05, 0.1) is 13.2 Å². The van der Waals surface area contributed by atoms with Crippen molar-refractivity contribution >= 4 is 35.5 Å². The number of ether oxygens (including phenoxy) is 1. The van der Waals surface area contributed by atoms with Crippen LogP contribution in [0, 0.1) is 17.2 Å². The van der Waals surface area contributed by atoms with Gasteiger partial charge in [-0.3, -0.25) is 19.9 Å². The second-order valence-corrected chi connectivity index (χ2v) is 11.8. The summed E-state index contributed by atoms with van der Waals surface area (Å²) in [5, 5.41) is 12.3. The number of imide groups is 1. The first kappa shape index (κ1) is 32.1. The van der Waals surface area contributed by atoms with E-state index in [1.807, 2.05) is 50.2 Å². The highest BCUT2D eigenvalue weighted by Crippen LogP contribution is 2.35. The summed E-state index contributed by atoms with van der Waals surface area (Å²) in [5.74, 6) is -0.562. The van der Waals surface area contributed by atoms with Crippen molar-refractivity contribution < 1.29 is 19.1 Å². The van der Waals surface area contributed by atoms with E-state index in [1.165, 1.54) is 12.0 Å². The first-order valence-electron chi connectivity index (χ1n) is 14.1. The fraction of sp³-hybridized carbons (Fsp3) is 0.484. The Morgan fingerprint density at radius 1 is 1.12 bits per heavy atom. The summed E-state index contributed by atoms with van der Waals surface area (Å²) >= 11 is 6.09. The molecule has 10 heteroatoms. The minimum absolute atomic E-state index is 0.0463. The molecule has 222 valence electrons. The van der Waals surface area contributed by atoms with E-state index >= 15 is 0 Å². The molecule has 2 aromatic rings. The molecule has 1 aliphatic rings. The van der Waals surface area contributed by atoms with Gasteiger partial charge >= 0.3 is 6.09 Å². The van der Waals surface area contributed by atoms with Gasteiger partial charge in [-0.25, -0.2) is 9.69 Å². The zero-order valence-electron chi connectivity index (χ0n) is 24.5. The number of rotatable bonds is 12. The van der Waals surface area contributed by atoms with Crippen LogP contribution >= 0.6 is 11.6 Å². The maximum absolute atomic E-state index is 13.8. The average molecular weight is 584 g/mol. The Kier molecular flexibility index (Phi) is 10.9. The Morgan fingerprint density at radius 3 is 2.39 bits per heavy atom. The van der Waals surface area contributed by atoms with Gasteiger partial charge in [0, 0.05) is 17.6 Å². The third-order valence-electron chi connectivity index (χ3n) is 7.45. The van der Waals surface area contributed by atoms with Crippen LogP contribution in [-0.4, -0.2) is 59.4 Å². The van der Waals surface area contributed by atoms with Crippen LogP contribution in [0.25, 0.3) is 0 Å². The molecule has 1 heterocycles. The van der Waals surface area contributed by atoms with Crippen LogP contribution in [-0.2, 0) is 26.3 Å². The maximum Gasteiger partial charge on any atom is 0.416 e. The molecule has 2 unspecified atom stereocenters. The van der Waals surface area contributed by atoms with Crippen molar-refractivity contribution in [1.29, 1.82) is 5.41 Å². The molecule has 4 N–H and O–H groups in total. The lowest BCUT2D eigenvalue weighted by Gasteiger charge is -2.34. The third kappa shape index (κ3) is 7.45. The predicted molar refractivity (Wildman–Crippen MR) is 160 cm³/mol. The van der Waals surface area contributed by atoms with E-state index in [0.29, 0.717) is 24.3 Å². The van der Waals surface area contributed by atoms with E-state index in [-0.39, 0.29) is 36.7 Å². The first-order valence-corrected chi connectivity index (χ1v) is 14.4. The van der Waals surface area contributed by atoms with E-state index in [0.717, 1.165) is 16.0 Å². The molecular weight excluding hydrogens is 542 g/mol. The van der Waals surface area contributed by atoms with E-state index < -0.39 is 29.6 Å². The topological polar surface area (TPSA) is 129 Å². The Bertz CT molecular complexity index is 1240. The molecular formula is C31H42ClN5O4. The normalized spacial score (nSPS) is 18.4. The lowest BCUT2D eigenvalue weighted by molar-refractivity contribution is -0.134. The molecule has 0 radical (unpaired) electrons. The number of amides is 3. The van der Waals surface area contributed by atoms with Crippen LogP contribution in [0.4, 0.5) is 4.79 Å². The van der Waals surface area contributed by atoms with Gasteiger partial charge in [0.15, 0.2) is 5.96 Å². The summed E-state index contributed by atoms with van der Waals surface area (Å²) in [4.78, 5) is 42.8. The zero-order chi connectivity index (χ0) is 30.3. The van der Waals surface area contributed by atoms with Gasteiger partial charge < -0.3 is 15.8 Å². The number of nitrogens with zero attached hydrogens (tertiary/aromatic N) is 2. The Morgan fingerprint density at radius 2 is 1.80 bits per heavy atom. The molecule has 0 aromatic heterocycles. The number of nitrogens with two attached hydrogens (primary N) is 1. The molecule has 0 spiro atoms. The number of methoxy groups -OCH3 is 1. The lowest BCUT2D eigenvalue weighted by Crippen LogP contribution is -2.54. The number of hydrogen-bond donors (Lipinski definition) is 3. The van der Waals surface area contributed by atoms with Gasteiger partial charge in [0.2, 0.25) is 5.91 Å². The number of guanidine groups is 1. The summed E-state index contributed by atoms with van der Waals surface area (Å²) in [5.41, 5.74) is 6.88. The van der Waals surface area contributed by atoms with Crippen LogP contribution in [0.3, 0.4) is 0 Å². The molecule has 0 saturated carbocycles. The van der Waals surface area contributed by atoms with Crippen molar-refractivity contribution in [2.45, 2.75) is 71.0 Å². The Labute approximate surface area is 247 Å². The molecule has 9 nitrogen and oxygen atoms in total. The Balaban J connectivity index is 1.76. The van der Waals surface area contributed by atoms with Gasteiger partial charge in [-0.2, -0.15) is 0 Å². The van der Waals surface area contributed by atoms with Gasteiger partial charge in [0.25, 0.3) is 5.91 Å². The smallest absolute Gasteiger partial charge is 0.416 e. The summed E-state index contributed by atoms with van der Waals surface area (Å²) in [6.45, 7) is 8.20. The molecule has 3 rings (SSSR count). The zero-order valence-corrected chi connectivity index (χ0v) is 25.3. The van der Waals surface area contributed by atoms with E-state index in [9.17, 15) is 14.4 Å². The molecule has 1 fully saturated rings. The molecule has 1 saturated heterocycles. The van der Waals surface area contributed by atoms with Crippen LogP contribution in [0.1, 0.15) is 58.1 Å². The van der Waals surface area contributed by atoms with Crippen LogP contribution < -0.4 is 11.1 Å². The summed E-state index contributed by atoms with van der Waals surface area (Å²) < 4.78 is 4.99. The van der Waals surface area contributed by atoms with Gasteiger partial charge in [0.1, 0.15) is 5.54 Å². The summed E-state index contributed by atoms with van der Waals surface area (Å²) in [6.07, 6.45) is 0.831. The fourth-order valence-corrected chi connectivity index (χ4v) is 5.76. The highest BCUT2D eigenvalue weighted by atomic mass is 35.5. The van der Waals surface area contributed by atoms with E-state index in [1.54, 1.807) is 18.2 Å². The monoisotopic (exact) mass is 583 g/mol. The summed E-state index contributed by atoms with van der Waals surface area (Å²) in [7, 11) is 1.23. The minimum atomic E-state index is -1.01. The number of hydrogen-bond acceptors (Lipinski definition) is 6. The van der Waals surface area contributed by atoms with Crippen LogP contribution in [0.5, 0.6) is 0 Å². The number of carbonyl (C=O) groups excluding carboxylic acids is 3. The minimum Gasteiger partial charge on any atom is -0.452 e. The first-order chi connectivity index (χ1) is 19.4. The molecule has 2 aromatic carbocycles. The average Bonchev–Trinajstić information content (AvgIpc) is 3.16. The number of benzene rings is 2. The van der Waals surface area contributed by atoms with Crippen molar-refractivity contribution in [3.63, 3.8) is 0 Å². The number of carbonyl (C=O) groups is 3. The number of nitrogens with one attached hydrogen (secondary N) is 2. The second kappa shape index (κ2) is 14.0. The van der Waals surface area contributed by atoms with E-state index in [2.05, 4.69) is 19.2 Å². The predicted octanol–water partition coefficient (Wildman–Crippen LogP) is 4.92. The third-order valence-corrected chi connectivity index (χ3v) is 7.68. The fourth-order valence-electron chi connectivity index (χ4n) is 5.55. The highest BCUT2D eigenvalue weighted by molar-refractivity contribution is 6.30. The number of halogens is 1. The van der Waals surface area contributed by atoms with Crippen molar-refractivity contribution in [1.82, 2.24) is 15.1 Å². The molecule has 1 aliphatic heterocycles. The molecule has 0 bridgehead atoms. The van der Waals surface area contributed by atoms with Crippen LogP contribution in [0.2, 0.25) is 5.02 Å². The SMILES string of the molecule is COC(=O)N(C(=O)[C@@H](N)Cc1cccc(Cl)c1)C(CCCN1C(=N)NC(CC(C)C)(c2ccccc2)C1=O)C(C)C. The largest absolute Gasteiger partial charge is 0.452 e. The standard InChI is InChI=1S/C31H42ClN5O4/c1-20(2)19-31(23-12-7-6-8-13-23)28(39)36(29(34)35-31)16-10-15-26(21(3)4)37(30(40)41-5)27(38)25(33)18-22-11-9-14-24(32)17-22/h6-9,11-14,17,20-21,25-26H,10,15-16,18-19,33H2,1-5H3,(H2,34,35)/t25-,26?,31?/m0/s1. The van der Waals surface area contributed by atoms with Crippen LogP contribution in [0.15, 0.2) is 54.6 Å². The van der Waals surface area contributed by atoms with Gasteiger partial charge in [-0.15, -0.1) is 0 Å². The molecule has 3 atom stereocenters. The maximum atomic E-state index is 13.8.